The lowest BCUT2D eigenvalue weighted by Gasteiger charge is -2.22. The molecule has 0 aromatic heterocycles. The zero-order valence-corrected chi connectivity index (χ0v) is 21.1. The first kappa shape index (κ1) is 31.4. The van der Waals surface area contributed by atoms with Gasteiger partial charge in [-0.1, -0.05) is 0 Å². The molecule has 0 heterocycles. The minimum absolute atomic E-state index is 0.0430. The molecule has 0 saturated carbocycles. The molecule has 204 valence electrons. The van der Waals surface area contributed by atoms with E-state index in [1.54, 1.807) is 20.8 Å². The first-order valence-electron chi connectivity index (χ1n) is 10.9. The van der Waals surface area contributed by atoms with Gasteiger partial charge < -0.3 is 25.3 Å². The van der Waals surface area contributed by atoms with E-state index in [9.17, 15) is 31.9 Å². The number of benzene rings is 2. The van der Waals surface area contributed by atoms with E-state index in [1.807, 2.05) is 0 Å². The van der Waals surface area contributed by atoms with Crippen LogP contribution in [0.15, 0.2) is 36.4 Å². The minimum atomic E-state index is -1.11. The van der Waals surface area contributed by atoms with Crippen LogP contribution in [0.2, 0.25) is 0 Å². The Labute approximate surface area is 212 Å². The van der Waals surface area contributed by atoms with Gasteiger partial charge in [-0.2, -0.15) is 0 Å². The predicted octanol–water partition coefficient (Wildman–Crippen LogP) is 3.58. The lowest BCUT2D eigenvalue weighted by Crippen LogP contribution is -2.45. The Bertz CT molecular complexity index is 1050. The molecule has 0 bridgehead atoms. The molecule has 12 heteroatoms. The zero-order valence-electron chi connectivity index (χ0n) is 21.1. The number of halogens is 4. The number of carbonyl (C=O) groups excluding carboxylic acids is 3. The molecule has 1 amide bonds. The topological polar surface area (TPSA) is 117 Å². The first-order valence-corrected chi connectivity index (χ1v) is 10.9. The summed E-state index contributed by atoms with van der Waals surface area (Å²) < 4.78 is 65.9. The molecule has 0 radical (unpaired) electrons. The van der Waals surface area contributed by atoms with Crippen LogP contribution in [0.1, 0.15) is 31.9 Å². The molecule has 0 aliphatic rings. The van der Waals surface area contributed by atoms with Gasteiger partial charge in [0.1, 0.15) is 41.0 Å². The largest absolute Gasteiger partial charge is 0.468 e. The second-order valence-electron chi connectivity index (χ2n) is 8.82. The van der Waals surface area contributed by atoms with Crippen LogP contribution in [0.4, 0.5) is 22.4 Å². The Kier molecular flexibility index (Phi) is 12.0. The van der Waals surface area contributed by atoms with Gasteiger partial charge in [0.25, 0.3) is 0 Å². The van der Waals surface area contributed by atoms with Crippen molar-refractivity contribution in [2.24, 2.45) is 5.73 Å². The van der Waals surface area contributed by atoms with Crippen LogP contribution in [0.25, 0.3) is 0 Å². The third-order valence-electron chi connectivity index (χ3n) is 4.42. The van der Waals surface area contributed by atoms with Crippen LogP contribution < -0.4 is 11.1 Å². The first-order chi connectivity index (χ1) is 17.1. The van der Waals surface area contributed by atoms with Crippen molar-refractivity contribution in [3.8, 4) is 0 Å². The number of hydrogen-bond acceptors (Lipinski definition) is 7. The van der Waals surface area contributed by atoms with E-state index >= 15 is 0 Å². The van der Waals surface area contributed by atoms with Crippen LogP contribution in [0.5, 0.6) is 0 Å². The fourth-order valence-electron chi connectivity index (χ4n) is 2.97. The Balaban J connectivity index is 0.000000397. The number of amides is 1. The summed E-state index contributed by atoms with van der Waals surface area (Å²) in [6, 6.07) is 3.88. The lowest BCUT2D eigenvalue weighted by atomic mass is 10.1. The standard InChI is InChI=1S/C15H19F2NO4.C10H11F2NO2/c1-15(2,3)22-14(20)18-12(13(19)21-4)7-9-5-10(16)8-11(17)6-9;1-15-10(14)9(13)4-6-2-7(11)5-8(12)3-6/h5-6,8,12H,7H2,1-4H3,(H,18,20);2-3,5,9H,4,13H2,1H3/t12-;9-/m00/s1. The summed E-state index contributed by atoms with van der Waals surface area (Å²) in [5.74, 6) is -4.27. The summed E-state index contributed by atoms with van der Waals surface area (Å²) in [5, 5.41) is 2.33. The van der Waals surface area contributed by atoms with Crippen LogP contribution in [-0.4, -0.2) is 49.9 Å². The van der Waals surface area contributed by atoms with E-state index in [0.29, 0.717) is 5.56 Å². The summed E-state index contributed by atoms with van der Waals surface area (Å²) in [5.41, 5.74) is 5.24. The molecule has 2 aromatic rings. The van der Waals surface area contributed by atoms with Crippen molar-refractivity contribution in [3.63, 3.8) is 0 Å². The Hall–Kier alpha value is -3.67. The van der Waals surface area contributed by atoms with Crippen molar-refractivity contribution in [3.05, 3.63) is 70.8 Å². The van der Waals surface area contributed by atoms with Gasteiger partial charge in [-0.15, -0.1) is 0 Å². The maximum atomic E-state index is 13.2. The minimum Gasteiger partial charge on any atom is -0.468 e. The van der Waals surface area contributed by atoms with Crippen molar-refractivity contribution in [1.29, 1.82) is 0 Å². The van der Waals surface area contributed by atoms with Crippen molar-refractivity contribution in [2.45, 2.75) is 51.3 Å². The fourth-order valence-corrected chi connectivity index (χ4v) is 2.97. The fraction of sp³-hybridized carbons (Fsp3) is 0.400. The number of alkyl carbamates (subject to hydrolysis) is 1. The molecule has 37 heavy (non-hydrogen) atoms. The maximum Gasteiger partial charge on any atom is 0.408 e. The number of methoxy groups -OCH3 is 2. The molecule has 0 fully saturated rings. The summed E-state index contributed by atoms with van der Waals surface area (Å²) in [6.07, 6.45) is -0.901. The summed E-state index contributed by atoms with van der Waals surface area (Å²) >= 11 is 0. The quantitative estimate of drug-likeness (QED) is 0.319. The van der Waals surface area contributed by atoms with E-state index in [2.05, 4.69) is 14.8 Å². The van der Waals surface area contributed by atoms with Gasteiger partial charge in [0.2, 0.25) is 0 Å². The second-order valence-corrected chi connectivity index (χ2v) is 8.82. The Morgan fingerprint density at radius 2 is 1.19 bits per heavy atom. The van der Waals surface area contributed by atoms with Gasteiger partial charge in [-0.3, -0.25) is 4.79 Å². The maximum absolute atomic E-state index is 13.2. The third-order valence-corrected chi connectivity index (χ3v) is 4.42. The molecule has 8 nitrogen and oxygen atoms in total. The van der Waals surface area contributed by atoms with Gasteiger partial charge >= 0.3 is 18.0 Å². The van der Waals surface area contributed by atoms with E-state index in [4.69, 9.17) is 10.5 Å². The van der Waals surface area contributed by atoms with Gasteiger partial charge in [-0.05, 0) is 62.6 Å². The van der Waals surface area contributed by atoms with Gasteiger partial charge in [0.05, 0.1) is 14.2 Å². The smallest absolute Gasteiger partial charge is 0.408 e. The molecule has 0 spiro atoms. The van der Waals surface area contributed by atoms with Gasteiger partial charge in [0, 0.05) is 18.6 Å². The van der Waals surface area contributed by atoms with E-state index in [0.717, 1.165) is 43.5 Å². The average Bonchev–Trinajstić information content (AvgIpc) is 2.75. The molecular formula is C25H30F4N2O6. The van der Waals surface area contributed by atoms with Crippen molar-refractivity contribution in [1.82, 2.24) is 5.32 Å². The number of nitrogens with two attached hydrogens (primary N) is 1. The third kappa shape index (κ3) is 12.2. The second kappa shape index (κ2) is 14.2. The van der Waals surface area contributed by atoms with Gasteiger partial charge in [-0.25, -0.2) is 27.2 Å². The molecule has 0 aliphatic heterocycles. The Morgan fingerprint density at radius 1 is 0.784 bits per heavy atom. The molecule has 0 aliphatic carbocycles. The highest BCUT2D eigenvalue weighted by atomic mass is 19.1. The van der Waals surface area contributed by atoms with Crippen molar-refractivity contribution >= 4 is 18.0 Å². The Morgan fingerprint density at radius 3 is 1.57 bits per heavy atom. The highest BCUT2D eigenvalue weighted by Gasteiger charge is 2.25. The molecular weight excluding hydrogens is 500 g/mol. The molecule has 0 saturated heterocycles. The van der Waals surface area contributed by atoms with Crippen LogP contribution in [0, 0.1) is 23.3 Å². The molecule has 2 aromatic carbocycles. The van der Waals surface area contributed by atoms with E-state index in [-0.39, 0.29) is 18.4 Å². The van der Waals surface area contributed by atoms with Crippen LogP contribution in [-0.2, 0) is 36.6 Å². The summed E-state index contributed by atoms with van der Waals surface area (Å²) in [6.45, 7) is 5.00. The predicted molar refractivity (Wildman–Crippen MR) is 125 cm³/mol. The molecule has 0 unspecified atom stereocenters. The van der Waals surface area contributed by atoms with Crippen LogP contribution >= 0.6 is 0 Å². The summed E-state index contributed by atoms with van der Waals surface area (Å²) in [7, 11) is 2.35. The molecule has 3 N–H and O–H groups in total. The van der Waals surface area contributed by atoms with Crippen molar-refractivity contribution in [2.75, 3.05) is 14.2 Å². The lowest BCUT2D eigenvalue weighted by molar-refractivity contribution is -0.143. The highest BCUT2D eigenvalue weighted by molar-refractivity contribution is 5.81. The molecule has 2 rings (SSSR count). The molecule has 2 atom stereocenters. The normalized spacial score (nSPS) is 12.4. The number of carbonyl (C=O) groups is 3. The van der Waals surface area contributed by atoms with Crippen molar-refractivity contribution < 1.29 is 46.2 Å². The van der Waals surface area contributed by atoms with E-state index in [1.165, 1.54) is 7.11 Å². The average molecular weight is 531 g/mol. The SMILES string of the molecule is COC(=O)[C@@H](N)Cc1cc(F)cc(F)c1.COC(=O)[C@H](Cc1cc(F)cc(F)c1)NC(=O)OC(C)(C)C. The van der Waals surface area contributed by atoms with Gasteiger partial charge in [0.15, 0.2) is 0 Å². The summed E-state index contributed by atoms with van der Waals surface area (Å²) in [4.78, 5) is 34.4. The van der Waals surface area contributed by atoms with Crippen LogP contribution in [0.3, 0.4) is 0 Å². The number of esters is 2. The highest BCUT2D eigenvalue weighted by Crippen LogP contribution is 2.13. The zero-order chi connectivity index (χ0) is 28.3. The van der Waals surface area contributed by atoms with E-state index < -0.39 is 59.0 Å². The number of ether oxygens (including phenoxy) is 3. The number of hydrogen-bond donors (Lipinski definition) is 2. The number of nitrogens with one attached hydrogen (secondary N) is 1. The monoisotopic (exact) mass is 530 g/mol. The number of rotatable bonds is 7.